The van der Waals surface area contributed by atoms with Gasteiger partial charge in [0.25, 0.3) is 0 Å². The second-order valence-corrected chi connectivity index (χ2v) is 5.22. The summed E-state index contributed by atoms with van der Waals surface area (Å²) in [6.45, 7) is 4.81. The molecule has 0 radical (unpaired) electrons. The summed E-state index contributed by atoms with van der Waals surface area (Å²) in [5.41, 5.74) is 0. The molecule has 1 aromatic rings. The van der Waals surface area contributed by atoms with Crippen LogP contribution < -0.4 is 9.47 Å². The highest BCUT2D eigenvalue weighted by molar-refractivity contribution is 5.33. The molecule has 3 nitrogen and oxygen atoms in total. The van der Waals surface area contributed by atoms with Gasteiger partial charge < -0.3 is 14.6 Å². The fraction of sp³-hybridized carbons (Fsp3) is 0.625. The molecule has 1 fully saturated rings. The van der Waals surface area contributed by atoms with Crippen molar-refractivity contribution in [1.82, 2.24) is 0 Å². The summed E-state index contributed by atoms with van der Waals surface area (Å²) >= 11 is 0. The molecule has 3 unspecified atom stereocenters. The van der Waals surface area contributed by atoms with Crippen molar-refractivity contribution in [2.75, 3.05) is 6.61 Å². The predicted octanol–water partition coefficient (Wildman–Crippen LogP) is 3.40. The molecule has 0 spiro atoms. The Morgan fingerprint density at radius 1 is 1.21 bits per heavy atom. The van der Waals surface area contributed by atoms with E-state index in [0.29, 0.717) is 12.5 Å². The van der Waals surface area contributed by atoms with Crippen LogP contribution in [0.25, 0.3) is 0 Å². The molecule has 1 aliphatic carbocycles. The van der Waals surface area contributed by atoms with Gasteiger partial charge in [0.05, 0.1) is 12.7 Å². The van der Waals surface area contributed by atoms with Crippen LogP contribution in [-0.4, -0.2) is 23.9 Å². The van der Waals surface area contributed by atoms with Crippen molar-refractivity contribution < 1.29 is 14.6 Å². The van der Waals surface area contributed by atoms with E-state index in [4.69, 9.17) is 9.47 Å². The lowest BCUT2D eigenvalue weighted by Crippen LogP contribution is -2.38. The molecule has 106 valence electrons. The summed E-state index contributed by atoms with van der Waals surface area (Å²) in [5, 5.41) is 10.1. The van der Waals surface area contributed by atoms with E-state index in [2.05, 4.69) is 6.92 Å². The SMILES string of the molecule is CCOc1cccc(OC2CC(CC)CCC2O)c1. The van der Waals surface area contributed by atoms with Crippen LogP contribution in [0, 0.1) is 5.92 Å². The van der Waals surface area contributed by atoms with Gasteiger partial charge in [-0.1, -0.05) is 19.4 Å². The molecule has 3 heteroatoms. The lowest BCUT2D eigenvalue weighted by Gasteiger charge is -2.33. The monoisotopic (exact) mass is 264 g/mol. The first-order valence-electron chi connectivity index (χ1n) is 7.30. The van der Waals surface area contributed by atoms with Gasteiger partial charge in [0, 0.05) is 6.07 Å². The molecule has 0 aromatic heterocycles. The van der Waals surface area contributed by atoms with Gasteiger partial charge in [0.2, 0.25) is 0 Å². The van der Waals surface area contributed by atoms with Crippen LogP contribution in [0.2, 0.25) is 0 Å². The molecule has 0 amide bonds. The van der Waals surface area contributed by atoms with Crippen LogP contribution in [0.5, 0.6) is 11.5 Å². The van der Waals surface area contributed by atoms with Gasteiger partial charge >= 0.3 is 0 Å². The Balaban J connectivity index is 2.00. The third-order valence-electron chi connectivity index (χ3n) is 3.85. The molecule has 0 aliphatic heterocycles. The number of rotatable bonds is 5. The average molecular weight is 264 g/mol. The van der Waals surface area contributed by atoms with E-state index in [-0.39, 0.29) is 12.2 Å². The first-order chi connectivity index (χ1) is 9.22. The molecule has 1 aliphatic rings. The molecular formula is C16H24O3. The average Bonchev–Trinajstić information content (AvgIpc) is 2.42. The molecule has 2 rings (SSSR count). The fourth-order valence-corrected chi connectivity index (χ4v) is 2.67. The predicted molar refractivity (Wildman–Crippen MR) is 75.7 cm³/mol. The van der Waals surface area contributed by atoms with Gasteiger partial charge in [-0.15, -0.1) is 0 Å². The van der Waals surface area contributed by atoms with Crippen molar-refractivity contribution >= 4 is 0 Å². The van der Waals surface area contributed by atoms with Gasteiger partial charge in [-0.3, -0.25) is 0 Å². The summed E-state index contributed by atoms with van der Waals surface area (Å²) < 4.78 is 11.4. The van der Waals surface area contributed by atoms with Crippen molar-refractivity contribution in [3.05, 3.63) is 24.3 Å². The van der Waals surface area contributed by atoms with Crippen molar-refractivity contribution in [2.24, 2.45) is 5.92 Å². The number of ether oxygens (including phenoxy) is 2. The molecule has 1 aromatic carbocycles. The third-order valence-corrected chi connectivity index (χ3v) is 3.85. The topological polar surface area (TPSA) is 38.7 Å². The Bertz CT molecular complexity index is 391. The van der Waals surface area contributed by atoms with Gasteiger partial charge in [-0.2, -0.15) is 0 Å². The van der Waals surface area contributed by atoms with Gasteiger partial charge in [0.1, 0.15) is 17.6 Å². The Hall–Kier alpha value is -1.22. The lowest BCUT2D eigenvalue weighted by atomic mass is 9.84. The Morgan fingerprint density at radius 3 is 2.74 bits per heavy atom. The first-order valence-corrected chi connectivity index (χ1v) is 7.30. The van der Waals surface area contributed by atoms with E-state index in [0.717, 1.165) is 37.2 Å². The summed E-state index contributed by atoms with van der Waals surface area (Å²) in [6.07, 6.45) is 3.61. The van der Waals surface area contributed by atoms with Crippen molar-refractivity contribution in [3.8, 4) is 11.5 Å². The van der Waals surface area contributed by atoms with Crippen molar-refractivity contribution in [1.29, 1.82) is 0 Å². The van der Waals surface area contributed by atoms with Crippen molar-refractivity contribution in [3.63, 3.8) is 0 Å². The zero-order valence-electron chi connectivity index (χ0n) is 11.8. The molecule has 19 heavy (non-hydrogen) atoms. The molecule has 1 N–H and O–H groups in total. The van der Waals surface area contributed by atoms with E-state index < -0.39 is 0 Å². The first kappa shape index (κ1) is 14.2. The minimum Gasteiger partial charge on any atom is -0.494 e. The lowest BCUT2D eigenvalue weighted by molar-refractivity contribution is -0.0109. The number of aliphatic hydroxyl groups excluding tert-OH is 1. The zero-order chi connectivity index (χ0) is 13.7. The molecular weight excluding hydrogens is 240 g/mol. The van der Waals surface area contributed by atoms with Gasteiger partial charge in [0.15, 0.2) is 0 Å². The maximum Gasteiger partial charge on any atom is 0.125 e. The zero-order valence-corrected chi connectivity index (χ0v) is 11.8. The highest BCUT2D eigenvalue weighted by Crippen LogP contribution is 2.30. The largest absolute Gasteiger partial charge is 0.494 e. The Morgan fingerprint density at radius 2 is 2.00 bits per heavy atom. The van der Waals surface area contributed by atoms with Crippen LogP contribution in [-0.2, 0) is 0 Å². The summed E-state index contributed by atoms with van der Waals surface area (Å²) in [5.74, 6) is 2.27. The highest BCUT2D eigenvalue weighted by Gasteiger charge is 2.29. The number of hydrogen-bond donors (Lipinski definition) is 1. The molecule has 0 bridgehead atoms. The quantitative estimate of drug-likeness (QED) is 0.885. The van der Waals surface area contributed by atoms with Gasteiger partial charge in [-0.25, -0.2) is 0 Å². The Labute approximate surface area is 115 Å². The van der Waals surface area contributed by atoms with E-state index in [1.807, 2.05) is 31.2 Å². The van der Waals surface area contributed by atoms with Crippen LogP contribution in [0.3, 0.4) is 0 Å². The molecule has 0 saturated heterocycles. The molecule has 0 heterocycles. The number of benzene rings is 1. The fourth-order valence-electron chi connectivity index (χ4n) is 2.67. The smallest absolute Gasteiger partial charge is 0.125 e. The van der Waals surface area contributed by atoms with Crippen LogP contribution in [0.4, 0.5) is 0 Å². The Kier molecular flexibility index (Phi) is 5.08. The minimum absolute atomic E-state index is 0.0874. The van der Waals surface area contributed by atoms with Crippen LogP contribution in [0.15, 0.2) is 24.3 Å². The maximum absolute atomic E-state index is 10.1. The van der Waals surface area contributed by atoms with Gasteiger partial charge in [-0.05, 0) is 44.2 Å². The summed E-state index contributed by atoms with van der Waals surface area (Å²) in [6, 6.07) is 7.66. The second-order valence-electron chi connectivity index (χ2n) is 5.22. The number of aliphatic hydroxyl groups is 1. The van der Waals surface area contributed by atoms with E-state index >= 15 is 0 Å². The minimum atomic E-state index is -0.349. The normalized spacial score (nSPS) is 27.0. The third kappa shape index (κ3) is 3.87. The highest BCUT2D eigenvalue weighted by atomic mass is 16.5. The van der Waals surface area contributed by atoms with E-state index in [1.165, 1.54) is 0 Å². The molecule has 1 saturated carbocycles. The summed E-state index contributed by atoms with van der Waals surface area (Å²) in [7, 11) is 0. The van der Waals surface area contributed by atoms with E-state index in [1.54, 1.807) is 0 Å². The van der Waals surface area contributed by atoms with Crippen LogP contribution in [0.1, 0.15) is 39.5 Å². The maximum atomic E-state index is 10.1. The van der Waals surface area contributed by atoms with Crippen LogP contribution >= 0.6 is 0 Å². The summed E-state index contributed by atoms with van der Waals surface area (Å²) in [4.78, 5) is 0. The second kappa shape index (κ2) is 6.80. The van der Waals surface area contributed by atoms with E-state index in [9.17, 15) is 5.11 Å². The standard InChI is InChI=1S/C16H24O3/c1-3-12-8-9-15(17)16(10-12)19-14-7-5-6-13(11-14)18-4-2/h5-7,11-12,15-17H,3-4,8-10H2,1-2H3. The van der Waals surface area contributed by atoms with Crippen molar-refractivity contribution in [2.45, 2.75) is 51.7 Å². The molecule has 3 atom stereocenters. The number of hydrogen-bond acceptors (Lipinski definition) is 3.